The van der Waals surface area contributed by atoms with E-state index >= 15 is 0 Å². The van der Waals surface area contributed by atoms with E-state index in [9.17, 15) is 34.8 Å². The first kappa shape index (κ1) is 41.7. The normalized spacial score (nSPS) is 20.1. The predicted molar refractivity (Wildman–Crippen MR) is 211 cm³/mol. The Morgan fingerprint density at radius 3 is 1.45 bits per heavy atom. The molecule has 0 spiro atoms. The molecular formula is C34H38F6N12O2S4. The standard InChI is InChI=1S/2C17H19F3N6OS2/c2*1-29(21,27)10-11-3-2-6-25(8-11)14-4-5-22-15(24-14)12-7-23-16-26(12)9-13(28-16)17(18,19)20/h2*4-5,7,9,11,21H,2-3,6,8,10H2,1H3. The van der Waals surface area contributed by atoms with Crippen LogP contribution in [0.25, 0.3) is 33.0 Å². The Balaban J connectivity index is 0.000000177. The van der Waals surface area contributed by atoms with Crippen molar-refractivity contribution in [3.63, 3.8) is 0 Å². The van der Waals surface area contributed by atoms with Crippen LogP contribution in [0.5, 0.6) is 0 Å². The van der Waals surface area contributed by atoms with Crippen LogP contribution in [0.4, 0.5) is 38.0 Å². The van der Waals surface area contributed by atoms with Crippen molar-refractivity contribution in [1.82, 2.24) is 38.7 Å². The van der Waals surface area contributed by atoms with Gasteiger partial charge in [-0.15, -0.1) is 0 Å². The Bertz CT molecular complexity index is 2460. The third kappa shape index (κ3) is 9.88. The summed E-state index contributed by atoms with van der Waals surface area (Å²) in [5.74, 6) is 2.89. The Hall–Kier alpha value is -4.42. The van der Waals surface area contributed by atoms with Gasteiger partial charge in [0.2, 0.25) is 0 Å². The van der Waals surface area contributed by atoms with Crippen LogP contribution in [-0.4, -0.2) is 97.3 Å². The quantitative estimate of drug-likeness (QED) is 0.146. The van der Waals surface area contributed by atoms with E-state index < -0.39 is 41.6 Å². The van der Waals surface area contributed by atoms with Crippen LogP contribution in [0.15, 0.2) is 49.3 Å². The number of fused-ring (bicyclic) bond motifs is 2. The fourth-order valence-corrected chi connectivity index (χ4v) is 11.2. The predicted octanol–water partition coefficient (Wildman–Crippen LogP) is 7.53. The lowest BCUT2D eigenvalue weighted by Gasteiger charge is -2.33. The molecule has 2 aliphatic rings. The number of halogens is 6. The molecule has 312 valence electrons. The summed E-state index contributed by atoms with van der Waals surface area (Å²) in [4.78, 5) is 28.8. The summed E-state index contributed by atoms with van der Waals surface area (Å²) in [6, 6.07) is 3.51. The highest BCUT2D eigenvalue weighted by molar-refractivity contribution is 7.91. The summed E-state index contributed by atoms with van der Waals surface area (Å²) in [7, 11) is -5.14. The lowest BCUT2D eigenvalue weighted by Crippen LogP contribution is -2.38. The summed E-state index contributed by atoms with van der Waals surface area (Å²) >= 11 is 1.15. The van der Waals surface area contributed by atoms with Gasteiger partial charge in [0.25, 0.3) is 0 Å². The number of nitrogens with zero attached hydrogens (tertiary/aromatic N) is 10. The van der Waals surface area contributed by atoms with Gasteiger partial charge >= 0.3 is 12.4 Å². The van der Waals surface area contributed by atoms with Crippen LogP contribution in [-0.2, 0) is 31.8 Å². The molecule has 14 nitrogen and oxygen atoms in total. The van der Waals surface area contributed by atoms with E-state index in [-0.39, 0.29) is 21.8 Å². The third-order valence-corrected chi connectivity index (χ3v) is 13.8. The molecule has 2 saturated heterocycles. The molecule has 4 unspecified atom stereocenters. The Morgan fingerprint density at radius 2 is 1.09 bits per heavy atom. The molecule has 2 aliphatic heterocycles. The molecule has 0 radical (unpaired) electrons. The average Bonchev–Trinajstić information content (AvgIpc) is 3.92. The molecule has 2 N–H and O–H groups in total. The van der Waals surface area contributed by atoms with Gasteiger partial charge in [-0.25, -0.2) is 29.9 Å². The van der Waals surface area contributed by atoms with Crippen molar-refractivity contribution < 1.29 is 34.8 Å². The minimum atomic E-state index is -4.43. The molecule has 4 atom stereocenters. The van der Waals surface area contributed by atoms with Crippen molar-refractivity contribution in [2.75, 3.05) is 60.0 Å². The number of hydrogen-bond acceptors (Lipinski definition) is 14. The zero-order valence-electron chi connectivity index (χ0n) is 31.0. The van der Waals surface area contributed by atoms with Crippen molar-refractivity contribution in [3.05, 3.63) is 59.1 Å². The molecule has 0 aromatic carbocycles. The largest absolute Gasteiger partial charge is 0.427 e. The molecule has 6 aromatic heterocycles. The Kier molecular flexibility index (Phi) is 11.5. The van der Waals surface area contributed by atoms with E-state index in [0.717, 1.165) is 51.2 Å². The molecule has 0 bridgehead atoms. The van der Waals surface area contributed by atoms with Gasteiger partial charge in [-0.05, 0) is 49.7 Å². The van der Waals surface area contributed by atoms with Crippen molar-refractivity contribution in [3.8, 4) is 23.0 Å². The fraction of sp³-hybridized carbons (Fsp3) is 0.471. The van der Waals surface area contributed by atoms with Crippen molar-refractivity contribution >= 4 is 63.7 Å². The van der Waals surface area contributed by atoms with Gasteiger partial charge in [0.15, 0.2) is 21.6 Å². The molecule has 6 aromatic rings. The lowest BCUT2D eigenvalue weighted by molar-refractivity contribution is -0.135. The maximum absolute atomic E-state index is 13.0. The van der Waals surface area contributed by atoms with E-state index in [0.29, 0.717) is 81.9 Å². The second-order valence-corrected chi connectivity index (χ2v) is 21.2. The van der Waals surface area contributed by atoms with Crippen LogP contribution in [0.3, 0.4) is 0 Å². The number of alkyl halides is 6. The Morgan fingerprint density at radius 1 is 0.690 bits per heavy atom. The fourth-order valence-electron chi connectivity index (χ4n) is 7.18. The molecule has 24 heteroatoms. The van der Waals surface area contributed by atoms with Crippen LogP contribution in [0, 0.1) is 21.4 Å². The van der Waals surface area contributed by atoms with Gasteiger partial charge < -0.3 is 9.80 Å². The molecule has 0 saturated carbocycles. The van der Waals surface area contributed by atoms with E-state index in [1.807, 2.05) is 0 Å². The summed E-state index contributed by atoms with van der Waals surface area (Å²) in [5, 5.41) is 0. The molecule has 0 amide bonds. The topological polar surface area (TPSA) is 174 Å². The number of piperidine rings is 2. The maximum atomic E-state index is 13.0. The lowest BCUT2D eigenvalue weighted by atomic mass is 10.0. The number of imidazole rings is 2. The molecule has 58 heavy (non-hydrogen) atoms. The number of nitrogens with one attached hydrogen (secondary N) is 2. The van der Waals surface area contributed by atoms with Gasteiger partial charge in [-0.3, -0.25) is 26.8 Å². The summed E-state index contributed by atoms with van der Waals surface area (Å²) in [6.45, 7) is 2.82. The smallest absolute Gasteiger partial charge is 0.356 e. The van der Waals surface area contributed by atoms with E-state index in [2.05, 4.69) is 39.7 Å². The molecular weight excluding hydrogens is 851 g/mol. The number of hydrogen-bond donors (Lipinski definition) is 2. The highest BCUT2D eigenvalue weighted by Crippen LogP contribution is 2.38. The first-order valence-electron chi connectivity index (χ1n) is 17.9. The SMILES string of the molecule is CS(=N)(=O)CC1CCCN(c2ccnc(-c3cnc4sc(C(F)(F)F)cn34)n2)C1.CS(=N)(=O)CC1CCCN(c2ccnc(-c3cnc4sc(C(F)(F)F)cn34)n2)C1. The Labute approximate surface area is 337 Å². The van der Waals surface area contributed by atoms with E-state index in [4.69, 9.17) is 9.56 Å². The van der Waals surface area contributed by atoms with E-state index in [1.165, 1.54) is 33.7 Å². The first-order valence-corrected chi connectivity index (χ1v) is 23.8. The van der Waals surface area contributed by atoms with Crippen LogP contribution in [0.2, 0.25) is 0 Å². The van der Waals surface area contributed by atoms with Crippen LogP contribution < -0.4 is 9.80 Å². The summed E-state index contributed by atoms with van der Waals surface area (Å²) in [6.07, 6.45) is 5.80. The minimum Gasteiger partial charge on any atom is -0.356 e. The van der Waals surface area contributed by atoms with Gasteiger partial charge in [0.05, 0.1) is 12.4 Å². The second kappa shape index (κ2) is 16.0. The molecule has 2 fully saturated rings. The van der Waals surface area contributed by atoms with Crippen LogP contribution in [0.1, 0.15) is 35.4 Å². The molecule has 8 heterocycles. The monoisotopic (exact) mass is 888 g/mol. The van der Waals surface area contributed by atoms with Crippen molar-refractivity contribution in [1.29, 1.82) is 9.56 Å². The third-order valence-electron chi connectivity index (χ3n) is 9.51. The van der Waals surface area contributed by atoms with E-state index in [1.54, 1.807) is 24.5 Å². The van der Waals surface area contributed by atoms with Gasteiger partial charge in [0.1, 0.15) is 32.8 Å². The van der Waals surface area contributed by atoms with Gasteiger partial charge in [-0.1, -0.05) is 22.7 Å². The number of aromatic nitrogens is 8. The van der Waals surface area contributed by atoms with Crippen molar-refractivity contribution in [2.45, 2.75) is 38.0 Å². The summed E-state index contributed by atoms with van der Waals surface area (Å²) in [5.41, 5.74) is 0.787. The number of thiazole rings is 2. The highest BCUT2D eigenvalue weighted by Gasteiger charge is 2.35. The first-order chi connectivity index (χ1) is 27.2. The second-order valence-electron chi connectivity index (χ2n) is 14.5. The number of rotatable bonds is 8. The zero-order chi connectivity index (χ0) is 41.6. The zero-order valence-corrected chi connectivity index (χ0v) is 34.3. The van der Waals surface area contributed by atoms with Crippen LogP contribution >= 0.6 is 22.7 Å². The average molecular weight is 889 g/mol. The van der Waals surface area contributed by atoms with Gasteiger partial charge in [-0.2, -0.15) is 26.3 Å². The molecule has 0 aliphatic carbocycles. The summed E-state index contributed by atoms with van der Waals surface area (Å²) < 4.78 is 120. The molecule has 8 rings (SSSR count). The van der Waals surface area contributed by atoms with Crippen molar-refractivity contribution in [2.24, 2.45) is 11.8 Å². The highest BCUT2D eigenvalue weighted by atomic mass is 32.2. The maximum Gasteiger partial charge on any atom is 0.427 e. The minimum absolute atomic E-state index is 0.144. The van der Waals surface area contributed by atoms with Gasteiger partial charge in [0, 0.05) is 94.4 Å². The number of anilines is 2.